The molecule has 4 nitrogen and oxygen atoms in total. The Labute approximate surface area is 169 Å². The van der Waals surface area contributed by atoms with Gasteiger partial charge in [0.2, 0.25) is 5.91 Å². The lowest BCUT2D eigenvalue weighted by atomic mass is 10.0. The summed E-state index contributed by atoms with van der Waals surface area (Å²) in [6.45, 7) is 4.15. The Morgan fingerprint density at radius 3 is 2.61 bits per heavy atom. The highest BCUT2D eigenvalue weighted by Crippen LogP contribution is 2.36. The number of nitrogens with zero attached hydrogens (tertiary/aromatic N) is 1. The van der Waals surface area contributed by atoms with Gasteiger partial charge in [-0.05, 0) is 36.4 Å². The number of aryl methyl sites for hydroxylation is 1. The van der Waals surface area contributed by atoms with E-state index in [1.165, 1.54) is 17.3 Å². The van der Waals surface area contributed by atoms with E-state index in [0.717, 1.165) is 39.3 Å². The monoisotopic (exact) mass is 389 g/mol. The Hall–Kier alpha value is -2.79. The highest BCUT2D eigenvalue weighted by atomic mass is 32.2. The van der Waals surface area contributed by atoms with Crippen molar-refractivity contribution < 1.29 is 4.79 Å². The van der Waals surface area contributed by atoms with Crippen LogP contribution in [-0.2, 0) is 4.79 Å². The van der Waals surface area contributed by atoms with Crippen LogP contribution >= 0.6 is 11.8 Å². The van der Waals surface area contributed by atoms with Gasteiger partial charge < -0.3 is 10.6 Å². The number of rotatable bonds is 5. The summed E-state index contributed by atoms with van der Waals surface area (Å²) in [5, 5.41) is 9.54. The van der Waals surface area contributed by atoms with Gasteiger partial charge in [0, 0.05) is 5.39 Å². The first-order valence-electron chi connectivity index (χ1n) is 9.50. The first-order chi connectivity index (χ1) is 13.6. The molecule has 142 valence electrons. The molecule has 0 spiro atoms. The number of amides is 1. The zero-order chi connectivity index (χ0) is 19.5. The number of benzene rings is 3. The lowest BCUT2D eigenvalue weighted by Crippen LogP contribution is -2.30. The molecule has 0 radical (unpaired) electrons. The average Bonchev–Trinajstić information content (AvgIpc) is 2.72. The number of aliphatic imine (C=N–C) groups is 1. The van der Waals surface area contributed by atoms with Crippen LogP contribution in [0.3, 0.4) is 0 Å². The van der Waals surface area contributed by atoms with Crippen LogP contribution in [0.2, 0.25) is 0 Å². The van der Waals surface area contributed by atoms with Crippen molar-refractivity contribution in [2.45, 2.75) is 26.3 Å². The molecule has 28 heavy (non-hydrogen) atoms. The summed E-state index contributed by atoms with van der Waals surface area (Å²) in [4.78, 5) is 17.2. The highest BCUT2D eigenvalue weighted by molar-refractivity contribution is 8.14. The quantitative estimate of drug-likeness (QED) is 0.600. The first kappa shape index (κ1) is 18.6. The standard InChI is InChI=1S/C23H23N3OS/c1-3-18(16-12-10-15(2)11-13-16)24-21(27)14-28-23-25-19-8-4-6-17-7-5-9-20(26-23)22(17)19/h4-13,18H,3,14H2,1-2H3,(H,24,27)(H,25,26)/t18-/m0/s1. The largest absolute Gasteiger partial charge is 0.349 e. The van der Waals surface area contributed by atoms with E-state index in [2.05, 4.69) is 60.9 Å². The minimum absolute atomic E-state index is 0.0130. The maximum absolute atomic E-state index is 12.5. The molecule has 3 aromatic carbocycles. The number of hydrogen-bond donors (Lipinski definition) is 2. The van der Waals surface area contributed by atoms with Crippen molar-refractivity contribution >= 4 is 45.0 Å². The lowest BCUT2D eigenvalue weighted by Gasteiger charge is -2.20. The van der Waals surface area contributed by atoms with Crippen molar-refractivity contribution in [1.82, 2.24) is 5.32 Å². The number of carbonyl (C=O) groups excluding carboxylic acids is 1. The SMILES string of the molecule is CC[C@H](NC(=O)CSC1=Nc2cccc3cccc(c23)N1)c1ccc(C)cc1. The number of nitrogens with one attached hydrogen (secondary N) is 2. The van der Waals surface area contributed by atoms with Gasteiger partial charge in [0.05, 0.1) is 23.2 Å². The lowest BCUT2D eigenvalue weighted by molar-refractivity contribution is -0.119. The fraction of sp³-hybridized carbons (Fsp3) is 0.217. The molecule has 0 aromatic heterocycles. The van der Waals surface area contributed by atoms with Gasteiger partial charge in [-0.3, -0.25) is 4.79 Å². The predicted octanol–water partition coefficient (Wildman–Crippen LogP) is 5.56. The van der Waals surface area contributed by atoms with Crippen molar-refractivity contribution in [2.75, 3.05) is 11.1 Å². The van der Waals surface area contributed by atoms with E-state index in [1.54, 1.807) is 0 Å². The van der Waals surface area contributed by atoms with Crippen LogP contribution < -0.4 is 10.6 Å². The summed E-state index contributed by atoms with van der Waals surface area (Å²) >= 11 is 1.43. The highest BCUT2D eigenvalue weighted by Gasteiger charge is 2.17. The van der Waals surface area contributed by atoms with E-state index in [9.17, 15) is 4.79 Å². The number of thioether (sulfide) groups is 1. The maximum Gasteiger partial charge on any atom is 0.230 e. The van der Waals surface area contributed by atoms with E-state index in [1.807, 2.05) is 24.3 Å². The Kier molecular flexibility index (Phi) is 5.35. The van der Waals surface area contributed by atoms with Crippen molar-refractivity contribution in [1.29, 1.82) is 0 Å². The smallest absolute Gasteiger partial charge is 0.230 e. The second-order valence-electron chi connectivity index (χ2n) is 6.95. The van der Waals surface area contributed by atoms with Gasteiger partial charge in [0.15, 0.2) is 5.17 Å². The molecule has 2 N–H and O–H groups in total. The van der Waals surface area contributed by atoms with Crippen molar-refractivity contribution in [3.8, 4) is 0 Å². The van der Waals surface area contributed by atoms with E-state index < -0.39 is 0 Å². The van der Waals surface area contributed by atoms with Crippen molar-refractivity contribution in [2.24, 2.45) is 4.99 Å². The zero-order valence-electron chi connectivity index (χ0n) is 16.0. The van der Waals surface area contributed by atoms with E-state index in [0.29, 0.717) is 5.75 Å². The molecule has 0 saturated carbocycles. The Morgan fingerprint density at radius 2 is 1.86 bits per heavy atom. The van der Waals surface area contributed by atoms with Crippen LogP contribution in [-0.4, -0.2) is 16.8 Å². The van der Waals surface area contributed by atoms with Gasteiger partial charge >= 0.3 is 0 Å². The number of anilines is 1. The average molecular weight is 390 g/mol. The van der Waals surface area contributed by atoms with Crippen LogP contribution in [0.4, 0.5) is 11.4 Å². The molecular weight excluding hydrogens is 366 g/mol. The summed E-state index contributed by atoms with van der Waals surface area (Å²) in [6, 6.07) is 20.6. The van der Waals surface area contributed by atoms with Crippen LogP contribution in [0.15, 0.2) is 65.7 Å². The molecule has 1 aliphatic rings. The second kappa shape index (κ2) is 8.07. The Morgan fingerprint density at radius 1 is 1.11 bits per heavy atom. The molecule has 0 fully saturated rings. The minimum atomic E-state index is 0.0130. The maximum atomic E-state index is 12.5. The van der Waals surface area contributed by atoms with Gasteiger partial charge in [-0.25, -0.2) is 4.99 Å². The molecule has 3 aromatic rings. The first-order valence-corrected chi connectivity index (χ1v) is 10.5. The van der Waals surface area contributed by atoms with Crippen LogP contribution in [0.1, 0.15) is 30.5 Å². The third-order valence-corrected chi connectivity index (χ3v) is 5.78. The van der Waals surface area contributed by atoms with E-state index in [-0.39, 0.29) is 11.9 Å². The molecule has 0 bridgehead atoms. The molecule has 4 rings (SSSR count). The topological polar surface area (TPSA) is 53.5 Å². The summed E-state index contributed by atoms with van der Waals surface area (Å²) in [5.41, 5.74) is 4.34. The number of carbonyl (C=O) groups is 1. The van der Waals surface area contributed by atoms with Crippen molar-refractivity contribution in [3.63, 3.8) is 0 Å². The van der Waals surface area contributed by atoms with E-state index in [4.69, 9.17) is 4.99 Å². The molecular formula is C23H23N3OS. The molecule has 1 amide bonds. The summed E-state index contributed by atoms with van der Waals surface area (Å²) in [5.74, 6) is 0.339. The fourth-order valence-corrected chi connectivity index (χ4v) is 4.13. The molecule has 1 aliphatic heterocycles. The number of amidine groups is 1. The Bertz CT molecular complexity index is 1040. The van der Waals surface area contributed by atoms with Crippen LogP contribution in [0, 0.1) is 6.92 Å². The zero-order valence-corrected chi connectivity index (χ0v) is 16.8. The van der Waals surface area contributed by atoms with Gasteiger partial charge in [0.1, 0.15) is 0 Å². The summed E-state index contributed by atoms with van der Waals surface area (Å²) in [6.07, 6.45) is 0.855. The molecule has 1 atom stereocenters. The van der Waals surface area contributed by atoms with Gasteiger partial charge in [-0.15, -0.1) is 0 Å². The molecule has 0 unspecified atom stereocenters. The van der Waals surface area contributed by atoms with Crippen molar-refractivity contribution in [3.05, 3.63) is 71.8 Å². The van der Waals surface area contributed by atoms with Gasteiger partial charge in [-0.1, -0.05) is 72.8 Å². The third-order valence-electron chi connectivity index (χ3n) is 4.91. The van der Waals surface area contributed by atoms with Gasteiger partial charge in [-0.2, -0.15) is 0 Å². The number of hydrogen-bond acceptors (Lipinski definition) is 4. The third kappa shape index (κ3) is 3.90. The van der Waals surface area contributed by atoms with E-state index >= 15 is 0 Å². The molecule has 1 heterocycles. The molecule has 0 saturated heterocycles. The minimum Gasteiger partial charge on any atom is -0.349 e. The van der Waals surface area contributed by atoms with Crippen LogP contribution in [0.5, 0.6) is 0 Å². The summed E-state index contributed by atoms with van der Waals surface area (Å²) < 4.78 is 0. The normalized spacial score (nSPS) is 13.6. The summed E-state index contributed by atoms with van der Waals surface area (Å²) in [7, 11) is 0. The molecule has 0 aliphatic carbocycles. The van der Waals surface area contributed by atoms with Crippen LogP contribution in [0.25, 0.3) is 10.8 Å². The Balaban J connectivity index is 1.41. The molecule has 5 heteroatoms. The predicted molar refractivity (Wildman–Crippen MR) is 119 cm³/mol. The van der Waals surface area contributed by atoms with Gasteiger partial charge in [0.25, 0.3) is 0 Å². The fourth-order valence-electron chi connectivity index (χ4n) is 3.43. The second-order valence-corrected chi connectivity index (χ2v) is 7.91.